The molecular formula is C16H19Cl2N. The van der Waals surface area contributed by atoms with Crippen molar-refractivity contribution in [2.24, 2.45) is 23.7 Å². The van der Waals surface area contributed by atoms with Crippen LogP contribution in [0.15, 0.2) is 18.2 Å². The van der Waals surface area contributed by atoms with Crippen molar-refractivity contribution in [2.45, 2.75) is 38.1 Å². The predicted molar refractivity (Wildman–Crippen MR) is 80.9 cm³/mol. The van der Waals surface area contributed by atoms with Crippen molar-refractivity contribution in [3.8, 4) is 0 Å². The lowest BCUT2D eigenvalue weighted by atomic mass is 9.54. The van der Waals surface area contributed by atoms with Crippen molar-refractivity contribution >= 4 is 28.9 Å². The van der Waals surface area contributed by atoms with Gasteiger partial charge in [0.25, 0.3) is 0 Å². The highest BCUT2D eigenvalue weighted by Gasteiger charge is 2.48. The van der Waals surface area contributed by atoms with Gasteiger partial charge in [-0.25, -0.2) is 0 Å². The molecule has 0 spiro atoms. The lowest BCUT2D eigenvalue weighted by molar-refractivity contribution is 0.00754. The molecule has 0 radical (unpaired) electrons. The van der Waals surface area contributed by atoms with Crippen LogP contribution in [0.4, 0.5) is 5.69 Å². The lowest BCUT2D eigenvalue weighted by Crippen LogP contribution is -2.51. The summed E-state index contributed by atoms with van der Waals surface area (Å²) in [6.07, 6.45) is 7.21. The van der Waals surface area contributed by atoms with Crippen LogP contribution in [-0.4, -0.2) is 6.04 Å². The van der Waals surface area contributed by atoms with E-state index in [1.165, 1.54) is 32.1 Å². The number of halogens is 2. The smallest absolute Gasteiger partial charge is 0.0652 e. The first-order chi connectivity index (χ1) is 9.19. The molecule has 4 saturated carbocycles. The third kappa shape index (κ3) is 2.15. The number of benzene rings is 1. The molecule has 0 aliphatic heterocycles. The number of rotatable bonds is 2. The van der Waals surface area contributed by atoms with Gasteiger partial charge in [0.05, 0.1) is 10.7 Å². The van der Waals surface area contributed by atoms with Gasteiger partial charge < -0.3 is 5.32 Å². The summed E-state index contributed by atoms with van der Waals surface area (Å²) in [5.74, 6) is 3.76. The van der Waals surface area contributed by atoms with Crippen LogP contribution in [0.3, 0.4) is 0 Å². The van der Waals surface area contributed by atoms with E-state index in [1.807, 2.05) is 18.2 Å². The first-order valence-electron chi connectivity index (χ1n) is 7.40. The zero-order valence-corrected chi connectivity index (χ0v) is 12.4. The third-order valence-electron chi connectivity index (χ3n) is 5.48. The van der Waals surface area contributed by atoms with Gasteiger partial charge in [-0.05, 0) is 74.0 Å². The summed E-state index contributed by atoms with van der Waals surface area (Å²) in [7, 11) is 0. The molecule has 19 heavy (non-hydrogen) atoms. The van der Waals surface area contributed by atoms with Gasteiger partial charge in [-0.15, -0.1) is 0 Å². The summed E-state index contributed by atoms with van der Waals surface area (Å²) in [6, 6.07) is 6.41. The number of nitrogens with one attached hydrogen (secondary N) is 1. The molecule has 1 aromatic rings. The molecule has 0 amide bonds. The van der Waals surface area contributed by atoms with Crippen LogP contribution in [0.1, 0.15) is 32.1 Å². The van der Waals surface area contributed by atoms with Crippen LogP contribution in [0.2, 0.25) is 10.0 Å². The molecule has 5 rings (SSSR count). The van der Waals surface area contributed by atoms with Crippen molar-refractivity contribution < 1.29 is 0 Å². The molecule has 4 aliphatic rings. The fraction of sp³-hybridized carbons (Fsp3) is 0.625. The number of anilines is 1. The Morgan fingerprint density at radius 2 is 1.53 bits per heavy atom. The van der Waals surface area contributed by atoms with E-state index in [9.17, 15) is 0 Å². The van der Waals surface area contributed by atoms with Crippen LogP contribution in [0, 0.1) is 23.7 Å². The summed E-state index contributed by atoms with van der Waals surface area (Å²) in [5.41, 5.74) is 1.06. The van der Waals surface area contributed by atoms with Crippen LogP contribution >= 0.6 is 23.2 Å². The molecule has 4 fully saturated rings. The van der Waals surface area contributed by atoms with Crippen molar-refractivity contribution in [3.63, 3.8) is 0 Å². The molecule has 102 valence electrons. The van der Waals surface area contributed by atoms with Crippen LogP contribution < -0.4 is 5.32 Å². The van der Waals surface area contributed by atoms with Gasteiger partial charge >= 0.3 is 0 Å². The van der Waals surface area contributed by atoms with Crippen molar-refractivity contribution in [1.29, 1.82) is 0 Å². The second-order valence-electron chi connectivity index (χ2n) is 6.73. The monoisotopic (exact) mass is 295 g/mol. The van der Waals surface area contributed by atoms with E-state index in [1.54, 1.807) is 0 Å². The van der Waals surface area contributed by atoms with Crippen molar-refractivity contribution in [1.82, 2.24) is 0 Å². The summed E-state index contributed by atoms with van der Waals surface area (Å²) >= 11 is 12.3. The van der Waals surface area contributed by atoms with E-state index >= 15 is 0 Å². The summed E-state index contributed by atoms with van der Waals surface area (Å²) in [4.78, 5) is 0. The summed E-state index contributed by atoms with van der Waals surface area (Å²) in [5, 5.41) is 5.19. The molecule has 0 saturated heterocycles. The van der Waals surface area contributed by atoms with Gasteiger partial charge in [0.1, 0.15) is 0 Å². The number of hydrogen-bond donors (Lipinski definition) is 1. The maximum absolute atomic E-state index is 6.30. The molecule has 4 bridgehead atoms. The normalized spacial score (nSPS) is 39.6. The highest BCUT2D eigenvalue weighted by molar-refractivity contribution is 6.36. The maximum Gasteiger partial charge on any atom is 0.0652 e. The molecule has 4 aliphatic carbocycles. The largest absolute Gasteiger partial charge is 0.381 e. The second kappa shape index (κ2) is 4.56. The Morgan fingerprint density at radius 1 is 0.895 bits per heavy atom. The number of hydrogen-bond acceptors (Lipinski definition) is 1. The molecule has 1 nitrogen and oxygen atoms in total. The fourth-order valence-corrected chi connectivity index (χ4v) is 5.41. The maximum atomic E-state index is 6.30. The van der Waals surface area contributed by atoms with E-state index in [0.717, 1.165) is 34.4 Å². The zero-order valence-electron chi connectivity index (χ0n) is 10.9. The van der Waals surface area contributed by atoms with Crippen molar-refractivity contribution in [3.05, 3.63) is 28.2 Å². The van der Waals surface area contributed by atoms with Gasteiger partial charge in [-0.3, -0.25) is 0 Å². The Kier molecular flexibility index (Phi) is 2.97. The SMILES string of the molecule is Clc1ccc(NC2C3CC4CC(C3)CC2C4)c(Cl)c1. The molecule has 1 aromatic carbocycles. The van der Waals surface area contributed by atoms with Gasteiger partial charge in [0.15, 0.2) is 0 Å². The molecular weight excluding hydrogens is 277 g/mol. The standard InChI is InChI=1S/C16H19Cl2N/c17-13-1-2-15(14(18)8-13)19-16-11-4-9-3-10(6-11)7-12(16)5-9/h1-2,8-12,16,19H,3-7H2. The molecule has 1 N–H and O–H groups in total. The average molecular weight is 296 g/mol. The van der Waals surface area contributed by atoms with Gasteiger partial charge in [0.2, 0.25) is 0 Å². The Labute approximate surface area is 124 Å². The van der Waals surface area contributed by atoms with E-state index in [4.69, 9.17) is 23.2 Å². The topological polar surface area (TPSA) is 12.0 Å². The summed E-state index contributed by atoms with van der Waals surface area (Å²) < 4.78 is 0. The second-order valence-corrected chi connectivity index (χ2v) is 7.57. The minimum atomic E-state index is 0.631. The molecule has 0 aromatic heterocycles. The predicted octanol–water partition coefficient (Wildman–Crippen LogP) is 5.23. The quantitative estimate of drug-likeness (QED) is 0.788. The molecule has 3 heteroatoms. The van der Waals surface area contributed by atoms with Crippen molar-refractivity contribution in [2.75, 3.05) is 5.32 Å². The van der Waals surface area contributed by atoms with E-state index < -0.39 is 0 Å². The Bertz CT molecular complexity index is 472. The Balaban J connectivity index is 1.56. The van der Waals surface area contributed by atoms with Crippen LogP contribution in [0.5, 0.6) is 0 Å². The Morgan fingerprint density at radius 3 is 2.11 bits per heavy atom. The van der Waals surface area contributed by atoms with Crippen LogP contribution in [-0.2, 0) is 0 Å². The van der Waals surface area contributed by atoms with Gasteiger partial charge in [0, 0.05) is 11.1 Å². The first-order valence-corrected chi connectivity index (χ1v) is 8.16. The average Bonchev–Trinajstić information content (AvgIpc) is 2.35. The summed E-state index contributed by atoms with van der Waals surface area (Å²) in [6.45, 7) is 0. The fourth-order valence-electron chi connectivity index (χ4n) is 4.95. The third-order valence-corrected chi connectivity index (χ3v) is 6.03. The Hall–Kier alpha value is -0.400. The first kappa shape index (κ1) is 12.3. The molecule has 0 heterocycles. The molecule has 0 unspecified atom stereocenters. The van der Waals surface area contributed by atoms with E-state index in [0.29, 0.717) is 11.1 Å². The van der Waals surface area contributed by atoms with Crippen LogP contribution in [0.25, 0.3) is 0 Å². The van der Waals surface area contributed by atoms with Gasteiger partial charge in [-0.2, -0.15) is 0 Å². The minimum Gasteiger partial charge on any atom is -0.381 e. The zero-order chi connectivity index (χ0) is 13.0. The minimum absolute atomic E-state index is 0.631. The van der Waals surface area contributed by atoms with Gasteiger partial charge in [-0.1, -0.05) is 23.2 Å². The lowest BCUT2D eigenvalue weighted by Gasteiger charge is -2.54. The molecule has 0 atom stereocenters. The highest BCUT2D eigenvalue weighted by atomic mass is 35.5. The van der Waals surface area contributed by atoms with E-state index in [-0.39, 0.29) is 0 Å². The van der Waals surface area contributed by atoms with E-state index in [2.05, 4.69) is 5.32 Å². The highest BCUT2D eigenvalue weighted by Crippen LogP contribution is 2.54.